The number of hydrogen-bond donors (Lipinski definition) is 0. The van der Waals surface area contributed by atoms with E-state index in [9.17, 15) is 0 Å². The van der Waals surface area contributed by atoms with Crippen LogP contribution in [0.2, 0.25) is 0 Å². The van der Waals surface area contributed by atoms with Gasteiger partial charge in [-0.15, -0.1) is 0 Å². The summed E-state index contributed by atoms with van der Waals surface area (Å²) in [6.45, 7) is 4.00. The molecule has 4 heavy (non-hydrogen) atoms. The van der Waals surface area contributed by atoms with E-state index in [-0.39, 0.29) is 21.1 Å². The summed E-state index contributed by atoms with van der Waals surface area (Å²) >= 11 is 0. The van der Waals surface area contributed by atoms with Gasteiger partial charge in [0.15, 0.2) is 0 Å². The molecule has 0 aromatic rings. The van der Waals surface area contributed by atoms with Crippen molar-refractivity contribution in [3.8, 4) is 0 Å². The average molecular weight is 139 g/mol. The molecule has 0 unspecified atom stereocenters. The van der Waals surface area contributed by atoms with Crippen LogP contribution in [0.1, 0.15) is 13.8 Å². The third-order valence-electron chi connectivity index (χ3n) is 0. The van der Waals surface area contributed by atoms with Crippen molar-refractivity contribution in [1.82, 2.24) is 0 Å². The van der Waals surface area contributed by atoms with Crippen LogP contribution in [0, 0.1) is 6.42 Å². The summed E-state index contributed by atoms with van der Waals surface area (Å²) in [6.07, 6.45) is 2.00. The molecule has 0 aliphatic heterocycles. The normalized spacial score (nSPS) is 4.50. The predicted octanol–water partition coefficient (Wildman–Crippen LogP) is 1.23. The smallest absolute Gasteiger partial charge is 0 e. The molecular weight excluding hydrogens is 132 g/mol. The molecule has 0 saturated carbocycles. The van der Waals surface area contributed by atoms with Gasteiger partial charge in [-0.25, -0.2) is 0 Å². The molecule has 0 aliphatic carbocycles. The van der Waals surface area contributed by atoms with Crippen LogP contribution in [0.25, 0.3) is 0 Å². The number of hydrogen-bond acceptors (Lipinski definition) is 0. The molecule has 0 atom stereocenters. The minimum atomic E-state index is 0. The Bertz CT molecular complexity index is 3.25. The van der Waals surface area contributed by atoms with E-state index in [2.05, 4.69) is 0 Å². The van der Waals surface area contributed by atoms with Gasteiger partial charge in [0, 0.05) is 21.1 Å². The zero-order valence-electron chi connectivity index (χ0n) is 2.99. The van der Waals surface area contributed by atoms with E-state index in [1.165, 1.54) is 0 Å². The zero-order chi connectivity index (χ0) is 2.71. The van der Waals surface area contributed by atoms with Gasteiger partial charge in [-0.1, -0.05) is 0 Å². The van der Waals surface area contributed by atoms with Crippen molar-refractivity contribution in [1.29, 1.82) is 0 Å². The average Bonchev–Trinajstić information content (AvgIpc) is 0.918. The van der Waals surface area contributed by atoms with Crippen molar-refractivity contribution in [2.75, 3.05) is 0 Å². The van der Waals surface area contributed by atoms with Gasteiger partial charge in [-0.3, -0.25) is 0 Å². The molecule has 0 aromatic heterocycles. The van der Waals surface area contributed by atoms with E-state index in [4.69, 9.17) is 0 Å². The van der Waals surface area contributed by atoms with Gasteiger partial charge < -0.3 is 6.42 Å². The molecular formula is C3H7Mo-. The fraction of sp³-hybridized carbons (Fsp3) is 0.667. The minimum absolute atomic E-state index is 0. The maximum Gasteiger partial charge on any atom is 0 e. The van der Waals surface area contributed by atoms with Gasteiger partial charge in [0.05, 0.1) is 0 Å². The molecule has 1 heteroatoms. The van der Waals surface area contributed by atoms with Gasteiger partial charge in [0.25, 0.3) is 0 Å². The summed E-state index contributed by atoms with van der Waals surface area (Å²) in [6, 6.07) is 0. The van der Waals surface area contributed by atoms with Crippen molar-refractivity contribution in [3.63, 3.8) is 0 Å². The summed E-state index contributed by atoms with van der Waals surface area (Å²) in [4.78, 5) is 0. The first-order valence-electron chi connectivity index (χ1n) is 1.15. The molecule has 0 rings (SSSR count). The topological polar surface area (TPSA) is 0 Å². The van der Waals surface area contributed by atoms with Gasteiger partial charge in [-0.05, 0) is 0 Å². The summed E-state index contributed by atoms with van der Waals surface area (Å²) in [5, 5.41) is 0. The summed E-state index contributed by atoms with van der Waals surface area (Å²) in [7, 11) is 0. The van der Waals surface area contributed by atoms with Crippen LogP contribution in [0.5, 0.6) is 0 Å². The second-order valence-electron chi connectivity index (χ2n) is 0.577. The molecule has 0 aliphatic rings. The SMILES string of the molecule is C[CH-]C.[Mo]. The van der Waals surface area contributed by atoms with Crippen molar-refractivity contribution < 1.29 is 21.1 Å². The van der Waals surface area contributed by atoms with Crippen molar-refractivity contribution in [2.24, 2.45) is 0 Å². The van der Waals surface area contributed by atoms with Gasteiger partial charge in [0.2, 0.25) is 0 Å². The van der Waals surface area contributed by atoms with Crippen LogP contribution < -0.4 is 0 Å². The third-order valence-corrected chi connectivity index (χ3v) is 0. The first kappa shape index (κ1) is 8.82. The van der Waals surface area contributed by atoms with Crippen molar-refractivity contribution in [2.45, 2.75) is 13.8 Å². The molecule has 0 N–H and O–H groups in total. The molecule has 0 heterocycles. The predicted molar refractivity (Wildman–Crippen MR) is 15.6 cm³/mol. The molecule has 0 spiro atoms. The Morgan fingerprint density at radius 3 is 1.25 bits per heavy atom. The molecule has 0 amide bonds. The first-order valence-corrected chi connectivity index (χ1v) is 1.15. The standard InChI is InChI=1S/C3H7.Mo/c1-3-2;/h3H,1-2H3;/q-1;. The van der Waals surface area contributed by atoms with E-state index in [0.717, 1.165) is 0 Å². The molecule has 0 saturated heterocycles. The summed E-state index contributed by atoms with van der Waals surface area (Å²) in [5.41, 5.74) is 0. The second kappa shape index (κ2) is 9.35. The number of rotatable bonds is 0. The van der Waals surface area contributed by atoms with Crippen molar-refractivity contribution in [3.05, 3.63) is 6.42 Å². The Balaban J connectivity index is 0. The molecule has 26 valence electrons. The fourth-order valence-corrected chi connectivity index (χ4v) is 0. The molecule has 0 bridgehead atoms. The summed E-state index contributed by atoms with van der Waals surface area (Å²) < 4.78 is 0. The monoisotopic (exact) mass is 141 g/mol. The van der Waals surface area contributed by atoms with E-state index >= 15 is 0 Å². The van der Waals surface area contributed by atoms with Crippen LogP contribution in [0.15, 0.2) is 0 Å². The van der Waals surface area contributed by atoms with Gasteiger partial charge in [-0.2, -0.15) is 13.8 Å². The summed E-state index contributed by atoms with van der Waals surface area (Å²) in [5.74, 6) is 0. The fourth-order valence-electron chi connectivity index (χ4n) is 0. The molecule has 0 radical (unpaired) electrons. The maximum absolute atomic E-state index is 2.00. The van der Waals surface area contributed by atoms with E-state index in [0.29, 0.717) is 0 Å². The molecule has 0 aromatic carbocycles. The maximum atomic E-state index is 2.00. The van der Waals surface area contributed by atoms with Gasteiger partial charge in [0.1, 0.15) is 0 Å². The largest absolute Gasteiger partial charge is 0.335 e. The van der Waals surface area contributed by atoms with Crippen LogP contribution in [-0.4, -0.2) is 0 Å². The van der Waals surface area contributed by atoms with Crippen LogP contribution in [0.4, 0.5) is 0 Å². The third kappa shape index (κ3) is 16.2. The minimum Gasteiger partial charge on any atom is -0.335 e. The van der Waals surface area contributed by atoms with Crippen LogP contribution in [-0.2, 0) is 21.1 Å². The quantitative estimate of drug-likeness (QED) is 0.349. The van der Waals surface area contributed by atoms with E-state index in [1.54, 1.807) is 0 Å². The second-order valence-corrected chi connectivity index (χ2v) is 0.577. The Labute approximate surface area is 41.9 Å². The Morgan fingerprint density at radius 2 is 1.25 bits per heavy atom. The first-order chi connectivity index (χ1) is 1.41. The van der Waals surface area contributed by atoms with E-state index < -0.39 is 0 Å². The molecule has 0 fully saturated rings. The van der Waals surface area contributed by atoms with Crippen molar-refractivity contribution >= 4 is 0 Å². The Morgan fingerprint density at radius 1 is 1.25 bits per heavy atom. The van der Waals surface area contributed by atoms with Gasteiger partial charge >= 0.3 is 0 Å². The van der Waals surface area contributed by atoms with E-state index in [1.807, 2.05) is 20.3 Å². The zero-order valence-corrected chi connectivity index (χ0v) is 4.99. The van der Waals surface area contributed by atoms with Crippen LogP contribution >= 0.6 is 0 Å². The molecule has 0 nitrogen and oxygen atoms in total. The van der Waals surface area contributed by atoms with Crippen LogP contribution in [0.3, 0.4) is 0 Å². The Hall–Kier alpha value is 0.688. The Kier molecular flexibility index (Phi) is 20.6.